The summed E-state index contributed by atoms with van der Waals surface area (Å²) in [4.78, 5) is 4.09. The van der Waals surface area contributed by atoms with E-state index in [1.807, 2.05) is 19.3 Å². The van der Waals surface area contributed by atoms with Crippen molar-refractivity contribution in [3.63, 3.8) is 0 Å². The van der Waals surface area contributed by atoms with Crippen LogP contribution in [0.3, 0.4) is 0 Å². The molecule has 0 aliphatic heterocycles. The average Bonchev–Trinajstić information content (AvgIpc) is 2.90. The zero-order valence-electron chi connectivity index (χ0n) is 12.3. The normalized spacial score (nSPS) is 12.6. The fraction of sp³-hybridized carbons (Fsp3) is 0.286. The third-order valence-corrected chi connectivity index (χ3v) is 4.24. The second-order valence-electron chi connectivity index (χ2n) is 4.71. The molecular weight excluding hydrogens is 302 g/mol. The highest BCUT2D eigenvalue weighted by molar-refractivity contribution is 7.89. The monoisotopic (exact) mass is 319 g/mol. The van der Waals surface area contributed by atoms with E-state index in [4.69, 9.17) is 6.42 Å². The number of nitrogens with one attached hydrogen (secondary N) is 2. The Labute approximate surface area is 129 Å². The molecule has 0 amide bonds. The van der Waals surface area contributed by atoms with Gasteiger partial charge in [0, 0.05) is 13.2 Å². The number of aromatic nitrogens is 3. The van der Waals surface area contributed by atoms with Gasteiger partial charge in [-0.1, -0.05) is 12.0 Å². The molecule has 0 aliphatic carbocycles. The molecule has 8 heteroatoms. The molecule has 2 rings (SSSR count). The van der Waals surface area contributed by atoms with Crippen molar-refractivity contribution in [3.8, 4) is 12.3 Å². The van der Waals surface area contributed by atoms with Crippen molar-refractivity contribution in [2.24, 2.45) is 7.05 Å². The maximum absolute atomic E-state index is 12.1. The van der Waals surface area contributed by atoms with E-state index in [2.05, 4.69) is 26.0 Å². The molecule has 0 aromatic carbocycles. The molecule has 0 spiro atoms. The molecule has 0 radical (unpaired) electrons. The summed E-state index contributed by atoms with van der Waals surface area (Å²) in [5.74, 6) is 2.76. The van der Waals surface area contributed by atoms with Gasteiger partial charge in [0.1, 0.15) is 5.82 Å². The van der Waals surface area contributed by atoms with Gasteiger partial charge >= 0.3 is 0 Å². The zero-order valence-corrected chi connectivity index (χ0v) is 13.1. The first-order valence-corrected chi connectivity index (χ1v) is 8.07. The minimum Gasteiger partial charge on any atom is -0.364 e. The third kappa shape index (κ3) is 4.07. The lowest BCUT2D eigenvalue weighted by Gasteiger charge is -2.10. The summed E-state index contributed by atoms with van der Waals surface area (Å²) < 4.78 is 28.3. The number of hydrogen-bond acceptors (Lipinski definition) is 5. The van der Waals surface area contributed by atoms with Crippen LogP contribution < -0.4 is 10.0 Å². The summed E-state index contributed by atoms with van der Waals surface area (Å²) in [6, 6.07) is 5.98. The Balaban J connectivity index is 2.11. The van der Waals surface area contributed by atoms with Crippen LogP contribution in [0.25, 0.3) is 0 Å². The molecule has 0 saturated heterocycles. The van der Waals surface area contributed by atoms with Gasteiger partial charge in [0.15, 0.2) is 5.03 Å². The largest absolute Gasteiger partial charge is 0.364 e. The molecular formula is C14H17N5O2S. The fourth-order valence-corrected chi connectivity index (χ4v) is 2.86. The minimum atomic E-state index is -3.74. The molecule has 0 fully saturated rings. The summed E-state index contributed by atoms with van der Waals surface area (Å²) >= 11 is 0. The molecule has 2 aromatic rings. The average molecular weight is 319 g/mol. The molecule has 22 heavy (non-hydrogen) atoms. The summed E-state index contributed by atoms with van der Waals surface area (Å²) in [6.45, 7) is 2.03. The van der Waals surface area contributed by atoms with Crippen LogP contribution in [0.15, 0.2) is 35.5 Å². The van der Waals surface area contributed by atoms with Crippen molar-refractivity contribution in [2.75, 3.05) is 5.32 Å². The fourth-order valence-electron chi connectivity index (χ4n) is 1.73. The predicted octanol–water partition coefficient (Wildman–Crippen LogP) is 0.727. The highest BCUT2D eigenvalue weighted by Crippen LogP contribution is 2.11. The van der Waals surface area contributed by atoms with Gasteiger partial charge in [-0.2, -0.15) is 9.82 Å². The van der Waals surface area contributed by atoms with Gasteiger partial charge in [0.2, 0.25) is 0 Å². The summed E-state index contributed by atoms with van der Waals surface area (Å²) in [5, 5.41) is 7.17. The lowest BCUT2D eigenvalue weighted by molar-refractivity contribution is 0.574. The number of hydrogen-bond donors (Lipinski definition) is 2. The molecule has 2 heterocycles. The summed E-state index contributed by atoms with van der Waals surface area (Å²) in [7, 11) is -1.91. The second-order valence-corrected chi connectivity index (χ2v) is 6.37. The van der Waals surface area contributed by atoms with Crippen LogP contribution in [-0.2, 0) is 23.6 Å². The number of aryl methyl sites for hydroxylation is 1. The molecule has 0 aliphatic rings. The van der Waals surface area contributed by atoms with E-state index in [0.717, 1.165) is 5.69 Å². The summed E-state index contributed by atoms with van der Waals surface area (Å²) in [6.07, 6.45) is 7.01. The van der Waals surface area contributed by atoms with Crippen molar-refractivity contribution >= 4 is 15.8 Å². The lowest BCUT2D eigenvalue weighted by atomic mass is 10.4. The smallest absolute Gasteiger partial charge is 0.259 e. The van der Waals surface area contributed by atoms with Gasteiger partial charge in [-0.3, -0.25) is 4.68 Å². The van der Waals surface area contributed by atoms with Crippen molar-refractivity contribution in [3.05, 3.63) is 36.2 Å². The van der Waals surface area contributed by atoms with E-state index < -0.39 is 16.1 Å². The molecule has 1 unspecified atom stereocenters. The van der Waals surface area contributed by atoms with E-state index in [1.54, 1.807) is 23.7 Å². The molecule has 1 atom stereocenters. The molecule has 0 saturated carbocycles. The quantitative estimate of drug-likeness (QED) is 0.766. The number of terminal acetylenes is 1. The standard InChI is InChI=1S/C14H17N5O2S/c1-4-11(2)18-22(20,21)14-7-5-6-13(16-14)15-10-12-8-9-19(3)17-12/h1,5-9,11,18H,10H2,2-3H3,(H,15,16). The predicted molar refractivity (Wildman–Crippen MR) is 83.4 cm³/mol. The Hall–Kier alpha value is -2.37. The molecule has 116 valence electrons. The first kappa shape index (κ1) is 16.0. The van der Waals surface area contributed by atoms with Crippen LogP contribution in [0, 0.1) is 12.3 Å². The van der Waals surface area contributed by atoms with Crippen LogP contribution in [0.1, 0.15) is 12.6 Å². The van der Waals surface area contributed by atoms with E-state index in [0.29, 0.717) is 12.4 Å². The van der Waals surface area contributed by atoms with Crippen LogP contribution >= 0.6 is 0 Å². The highest BCUT2D eigenvalue weighted by atomic mass is 32.2. The van der Waals surface area contributed by atoms with Gasteiger partial charge in [0.25, 0.3) is 10.0 Å². The van der Waals surface area contributed by atoms with Crippen molar-refractivity contribution < 1.29 is 8.42 Å². The van der Waals surface area contributed by atoms with E-state index in [-0.39, 0.29) is 5.03 Å². The van der Waals surface area contributed by atoms with Gasteiger partial charge in [-0.25, -0.2) is 13.4 Å². The zero-order chi connectivity index (χ0) is 16.2. The Bertz CT molecular complexity index is 792. The first-order valence-electron chi connectivity index (χ1n) is 6.58. The third-order valence-electron chi connectivity index (χ3n) is 2.80. The minimum absolute atomic E-state index is 0.0828. The van der Waals surface area contributed by atoms with Crippen molar-refractivity contribution in [1.29, 1.82) is 0 Å². The second kappa shape index (κ2) is 6.60. The lowest BCUT2D eigenvalue weighted by Crippen LogP contribution is -2.32. The van der Waals surface area contributed by atoms with Crippen LogP contribution in [0.5, 0.6) is 0 Å². The molecule has 2 N–H and O–H groups in total. The van der Waals surface area contributed by atoms with Gasteiger partial charge in [-0.15, -0.1) is 6.42 Å². The van der Waals surface area contributed by atoms with Crippen LogP contribution in [0.4, 0.5) is 5.82 Å². The molecule has 2 aromatic heterocycles. The molecule has 7 nitrogen and oxygen atoms in total. The van der Waals surface area contributed by atoms with Crippen LogP contribution in [0.2, 0.25) is 0 Å². The topological polar surface area (TPSA) is 88.9 Å². The molecule has 0 bridgehead atoms. The van der Waals surface area contributed by atoms with Gasteiger partial charge < -0.3 is 5.32 Å². The maximum Gasteiger partial charge on any atom is 0.259 e. The van der Waals surface area contributed by atoms with E-state index >= 15 is 0 Å². The van der Waals surface area contributed by atoms with Crippen molar-refractivity contribution in [1.82, 2.24) is 19.5 Å². The highest BCUT2D eigenvalue weighted by Gasteiger charge is 2.18. The van der Waals surface area contributed by atoms with Crippen LogP contribution in [-0.4, -0.2) is 29.2 Å². The van der Waals surface area contributed by atoms with E-state index in [9.17, 15) is 8.42 Å². The Morgan fingerprint density at radius 2 is 2.18 bits per heavy atom. The first-order chi connectivity index (χ1) is 10.4. The number of pyridine rings is 1. The van der Waals surface area contributed by atoms with Gasteiger partial charge in [0.05, 0.1) is 18.3 Å². The van der Waals surface area contributed by atoms with Gasteiger partial charge in [-0.05, 0) is 25.1 Å². The number of rotatable bonds is 6. The number of anilines is 1. The number of nitrogens with zero attached hydrogens (tertiary/aromatic N) is 3. The summed E-state index contributed by atoms with van der Waals surface area (Å²) in [5.41, 5.74) is 0.830. The SMILES string of the molecule is C#CC(C)NS(=O)(=O)c1cccc(NCc2ccn(C)n2)n1. The van der Waals surface area contributed by atoms with Crippen molar-refractivity contribution in [2.45, 2.75) is 24.5 Å². The number of sulfonamides is 1. The Kier molecular flexibility index (Phi) is 4.80. The maximum atomic E-state index is 12.1. The van der Waals surface area contributed by atoms with E-state index in [1.165, 1.54) is 6.07 Å². The Morgan fingerprint density at radius 1 is 1.41 bits per heavy atom. The Morgan fingerprint density at radius 3 is 2.82 bits per heavy atom.